The highest BCUT2D eigenvalue weighted by atomic mass is 32.1. The molecule has 118 valence electrons. The lowest BCUT2D eigenvalue weighted by Crippen LogP contribution is -2.11. The minimum atomic E-state index is -0.117. The van der Waals surface area contributed by atoms with Gasteiger partial charge < -0.3 is 5.32 Å². The van der Waals surface area contributed by atoms with Gasteiger partial charge in [0.15, 0.2) is 0 Å². The number of hydrogen-bond acceptors (Lipinski definition) is 3. The van der Waals surface area contributed by atoms with Crippen LogP contribution in [0.3, 0.4) is 0 Å². The van der Waals surface area contributed by atoms with Crippen molar-refractivity contribution in [3.63, 3.8) is 0 Å². The zero-order valence-corrected chi connectivity index (χ0v) is 14.1. The number of nitrogens with zero attached hydrogens (tertiary/aromatic N) is 1. The summed E-state index contributed by atoms with van der Waals surface area (Å²) >= 11 is 1.43. The minimum Gasteiger partial charge on any atom is -0.321 e. The third kappa shape index (κ3) is 3.53. The molecule has 1 aromatic heterocycles. The van der Waals surface area contributed by atoms with Crippen LogP contribution in [0.4, 0.5) is 5.69 Å². The summed E-state index contributed by atoms with van der Waals surface area (Å²) in [5.41, 5.74) is 4.84. The Kier molecular flexibility index (Phi) is 4.74. The van der Waals surface area contributed by atoms with Gasteiger partial charge in [-0.2, -0.15) is 5.26 Å². The van der Waals surface area contributed by atoms with Gasteiger partial charge in [0.25, 0.3) is 5.91 Å². The van der Waals surface area contributed by atoms with Crippen molar-refractivity contribution in [1.29, 1.82) is 5.26 Å². The number of carbonyl (C=O) groups excluding carboxylic acids is 1. The van der Waals surface area contributed by atoms with Crippen molar-refractivity contribution in [2.45, 2.75) is 13.3 Å². The van der Waals surface area contributed by atoms with Gasteiger partial charge in [-0.05, 0) is 41.6 Å². The van der Waals surface area contributed by atoms with Crippen molar-refractivity contribution < 1.29 is 4.79 Å². The Bertz CT molecular complexity index is 887. The summed E-state index contributed by atoms with van der Waals surface area (Å²) in [5, 5.41) is 13.6. The summed E-state index contributed by atoms with van der Waals surface area (Å²) < 4.78 is 0. The van der Waals surface area contributed by atoms with Crippen molar-refractivity contribution in [3.8, 4) is 17.2 Å². The van der Waals surface area contributed by atoms with Crippen LogP contribution in [0.25, 0.3) is 11.1 Å². The number of aryl methyl sites for hydroxylation is 1. The van der Waals surface area contributed by atoms with Crippen molar-refractivity contribution in [3.05, 3.63) is 76.0 Å². The molecule has 0 saturated carbocycles. The summed E-state index contributed by atoms with van der Waals surface area (Å²) in [7, 11) is 0. The van der Waals surface area contributed by atoms with Crippen molar-refractivity contribution >= 4 is 22.9 Å². The lowest BCUT2D eigenvalue weighted by atomic mass is 10.0. The Morgan fingerprint density at radius 1 is 1.08 bits per heavy atom. The maximum Gasteiger partial charge on any atom is 0.266 e. The standard InChI is InChI=1S/C20H16N2OS/c1-14-2-6-16(7-3-14)18-11-13-24-19(18)20(23)22-17-8-4-15(5-9-17)10-12-21/h2-9,11,13H,10H2,1H3,(H,22,23). The number of carbonyl (C=O) groups is 1. The number of thiophene rings is 1. The fourth-order valence-electron chi connectivity index (χ4n) is 2.43. The molecule has 3 nitrogen and oxygen atoms in total. The van der Waals surface area contributed by atoms with Gasteiger partial charge >= 0.3 is 0 Å². The lowest BCUT2D eigenvalue weighted by molar-refractivity contribution is 0.103. The SMILES string of the molecule is Cc1ccc(-c2ccsc2C(=O)Nc2ccc(CC#N)cc2)cc1. The first-order valence-electron chi connectivity index (χ1n) is 7.59. The van der Waals surface area contributed by atoms with Gasteiger partial charge in [0.2, 0.25) is 0 Å². The first-order valence-corrected chi connectivity index (χ1v) is 8.47. The Morgan fingerprint density at radius 2 is 1.79 bits per heavy atom. The van der Waals surface area contributed by atoms with E-state index in [4.69, 9.17) is 5.26 Å². The van der Waals surface area contributed by atoms with Gasteiger partial charge in [-0.25, -0.2) is 0 Å². The Morgan fingerprint density at radius 3 is 2.46 bits per heavy atom. The summed E-state index contributed by atoms with van der Waals surface area (Å²) in [4.78, 5) is 13.3. The largest absolute Gasteiger partial charge is 0.321 e. The highest BCUT2D eigenvalue weighted by Crippen LogP contribution is 2.29. The summed E-state index contributed by atoms with van der Waals surface area (Å²) in [6.07, 6.45) is 0.372. The number of anilines is 1. The molecule has 0 radical (unpaired) electrons. The maximum atomic E-state index is 12.6. The molecule has 0 aliphatic heterocycles. The first-order chi connectivity index (χ1) is 11.7. The molecule has 0 atom stereocenters. The van der Waals surface area contributed by atoms with Crippen LogP contribution in [0, 0.1) is 18.3 Å². The highest BCUT2D eigenvalue weighted by Gasteiger charge is 2.14. The summed E-state index contributed by atoms with van der Waals surface area (Å²) in [5.74, 6) is -0.117. The molecule has 1 N–H and O–H groups in total. The smallest absolute Gasteiger partial charge is 0.266 e. The van der Waals surface area contributed by atoms with Crippen LogP contribution in [0.2, 0.25) is 0 Å². The molecule has 3 rings (SSSR count). The van der Waals surface area contributed by atoms with Gasteiger partial charge in [-0.1, -0.05) is 42.0 Å². The van der Waals surface area contributed by atoms with E-state index in [9.17, 15) is 4.79 Å². The van der Waals surface area contributed by atoms with E-state index in [0.29, 0.717) is 11.3 Å². The topological polar surface area (TPSA) is 52.9 Å². The van der Waals surface area contributed by atoms with E-state index in [2.05, 4.69) is 11.4 Å². The molecule has 24 heavy (non-hydrogen) atoms. The van der Waals surface area contributed by atoms with Crippen LogP contribution < -0.4 is 5.32 Å². The molecule has 0 saturated heterocycles. The van der Waals surface area contributed by atoms with Crippen LogP contribution in [0.1, 0.15) is 20.8 Å². The number of rotatable bonds is 4. The van der Waals surface area contributed by atoms with Crippen LogP contribution in [-0.2, 0) is 6.42 Å². The summed E-state index contributed by atoms with van der Waals surface area (Å²) in [6.45, 7) is 2.04. The molecular formula is C20H16N2OS. The van der Waals surface area contributed by atoms with Crippen LogP contribution in [0.15, 0.2) is 60.0 Å². The van der Waals surface area contributed by atoms with Crippen molar-refractivity contribution in [2.75, 3.05) is 5.32 Å². The minimum absolute atomic E-state index is 0.117. The average Bonchev–Trinajstić information content (AvgIpc) is 3.07. The predicted octanol–water partition coefficient (Wildman–Crippen LogP) is 5.04. The molecule has 1 amide bonds. The van der Waals surface area contributed by atoms with Gasteiger partial charge in [-0.15, -0.1) is 11.3 Å². The molecule has 0 fully saturated rings. The summed E-state index contributed by atoms with van der Waals surface area (Å²) in [6, 6.07) is 19.6. The molecule has 2 aromatic carbocycles. The van der Waals surface area contributed by atoms with E-state index >= 15 is 0 Å². The zero-order chi connectivity index (χ0) is 16.9. The van der Waals surface area contributed by atoms with Crippen molar-refractivity contribution in [1.82, 2.24) is 0 Å². The molecular weight excluding hydrogens is 316 g/mol. The van der Waals surface area contributed by atoms with Crippen LogP contribution >= 0.6 is 11.3 Å². The normalized spacial score (nSPS) is 10.2. The number of nitriles is 1. The quantitative estimate of drug-likeness (QED) is 0.727. The number of benzene rings is 2. The van der Waals surface area contributed by atoms with Crippen molar-refractivity contribution in [2.24, 2.45) is 0 Å². The zero-order valence-electron chi connectivity index (χ0n) is 13.2. The van der Waals surface area contributed by atoms with Gasteiger partial charge in [0, 0.05) is 11.3 Å². The fraction of sp³-hybridized carbons (Fsp3) is 0.100. The van der Waals surface area contributed by atoms with E-state index in [1.165, 1.54) is 16.9 Å². The number of nitrogens with one attached hydrogen (secondary N) is 1. The molecule has 0 aliphatic rings. The third-order valence-corrected chi connectivity index (χ3v) is 4.64. The second-order valence-corrected chi connectivity index (χ2v) is 6.43. The van der Waals surface area contributed by atoms with Gasteiger partial charge in [0.1, 0.15) is 0 Å². The second-order valence-electron chi connectivity index (χ2n) is 5.52. The van der Waals surface area contributed by atoms with Crippen LogP contribution in [0.5, 0.6) is 0 Å². The predicted molar refractivity (Wildman–Crippen MR) is 98.2 cm³/mol. The van der Waals surface area contributed by atoms with E-state index in [1.54, 1.807) is 0 Å². The molecule has 0 aliphatic carbocycles. The molecule has 1 heterocycles. The highest BCUT2D eigenvalue weighted by molar-refractivity contribution is 7.12. The average molecular weight is 332 g/mol. The van der Waals surface area contributed by atoms with E-state index < -0.39 is 0 Å². The molecule has 0 bridgehead atoms. The maximum absolute atomic E-state index is 12.6. The van der Waals surface area contributed by atoms with E-state index in [0.717, 1.165) is 22.4 Å². The van der Waals surface area contributed by atoms with Gasteiger partial charge in [-0.3, -0.25) is 4.79 Å². The Hall–Kier alpha value is -2.90. The first kappa shape index (κ1) is 16.0. The Balaban J connectivity index is 1.80. The fourth-order valence-corrected chi connectivity index (χ4v) is 3.24. The molecule has 3 aromatic rings. The van der Waals surface area contributed by atoms with Gasteiger partial charge in [0.05, 0.1) is 17.4 Å². The van der Waals surface area contributed by atoms with Crippen LogP contribution in [-0.4, -0.2) is 5.91 Å². The monoisotopic (exact) mass is 332 g/mol. The molecule has 4 heteroatoms. The molecule has 0 spiro atoms. The number of hydrogen-bond donors (Lipinski definition) is 1. The Labute approximate surface area is 145 Å². The van der Waals surface area contributed by atoms with E-state index in [-0.39, 0.29) is 5.91 Å². The lowest BCUT2D eigenvalue weighted by Gasteiger charge is -2.07. The third-order valence-electron chi connectivity index (χ3n) is 3.73. The second kappa shape index (κ2) is 7.12. The molecule has 0 unspecified atom stereocenters. The number of amides is 1. The van der Waals surface area contributed by atoms with E-state index in [1.807, 2.05) is 66.9 Å².